The third kappa shape index (κ3) is 6.49. The van der Waals surface area contributed by atoms with Gasteiger partial charge in [0.2, 0.25) is 0 Å². The van der Waals surface area contributed by atoms with E-state index in [0.717, 1.165) is 37.7 Å². The topological polar surface area (TPSA) is 24.5 Å². The number of nitrogens with one attached hydrogen (secondary N) is 1. The molecule has 1 aromatic rings. The average Bonchev–Trinajstić information content (AvgIpc) is 2.51. The summed E-state index contributed by atoms with van der Waals surface area (Å²) in [4.78, 5) is 2.44. The Bertz CT molecular complexity index is 377. The quantitative estimate of drug-likeness (QED) is 0.711. The molecule has 0 aliphatic carbocycles. The van der Waals surface area contributed by atoms with Gasteiger partial charge in [-0.3, -0.25) is 0 Å². The van der Waals surface area contributed by atoms with Gasteiger partial charge in [0.05, 0.1) is 7.11 Å². The number of ether oxygens (including phenoxy) is 1. The second-order valence-electron chi connectivity index (χ2n) is 6.01. The second-order valence-corrected chi connectivity index (χ2v) is 6.01. The maximum atomic E-state index is 5.25. The number of likely N-dealkylation sites (N-methyl/N-ethyl adjacent to an activating group) is 1. The van der Waals surface area contributed by atoms with Crippen molar-refractivity contribution in [1.82, 2.24) is 10.2 Å². The number of hydrogen-bond acceptors (Lipinski definition) is 3. The summed E-state index contributed by atoms with van der Waals surface area (Å²) in [7, 11) is 3.93. The summed E-state index contributed by atoms with van der Waals surface area (Å²) in [6, 6.07) is 8.81. The lowest BCUT2D eigenvalue weighted by atomic mass is 10.0. The van der Waals surface area contributed by atoms with Gasteiger partial charge in [-0.05, 0) is 43.6 Å². The highest BCUT2D eigenvalue weighted by Gasteiger charge is 2.14. The van der Waals surface area contributed by atoms with Gasteiger partial charge in [-0.1, -0.05) is 39.3 Å². The molecule has 0 fully saturated rings. The molecule has 2 atom stereocenters. The molecule has 21 heavy (non-hydrogen) atoms. The summed E-state index contributed by atoms with van der Waals surface area (Å²) in [6.45, 7) is 10.0. The van der Waals surface area contributed by atoms with Crippen molar-refractivity contribution in [1.29, 1.82) is 0 Å². The molecule has 0 aromatic heterocycles. The Kier molecular flexibility index (Phi) is 8.40. The Morgan fingerprint density at radius 1 is 1.14 bits per heavy atom. The number of benzene rings is 1. The molecule has 2 unspecified atom stereocenters. The molecular weight excluding hydrogens is 260 g/mol. The van der Waals surface area contributed by atoms with E-state index in [1.165, 1.54) is 12.0 Å². The fraction of sp³-hybridized carbons (Fsp3) is 0.667. The predicted octanol–water partition coefficient (Wildman–Crippen LogP) is 3.71. The molecule has 3 nitrogen and oxygen atoms in total. The Labute approximate surface area is 130 Å². The van der Waals surface area contributed by atoms with Gasteiger partial charge in [0.25, 0.3) is 0 Å². The SMILES string of the molecule is CCCNC(CN(C)CC(C)CC)c1ccc(OC)cc1. The monoisotopic (exact) mass is 292 g/mol. The van der Waals surface area contributed by atoms with Crippen LogP contribution in [0.25, 0.3) is 0 Å². The van der Waals surface area contributed by atoms with Crippen LogP contribution >= 0.6 is 0 Å². The minimum absolute atomic E-state index is 0.380. The first-order valence-electron chi connectivity index (χ1n) is 8.16. The molecule has 0 bridgehead atoms. The highest BCUT2D eigenvalue weighted by Crippen LogP contribution is 2.19. The number of methoxy groups -OCH3 is 1. The van der Waals surface area contributed by atoms with Gasteiger partial charge in [-0.15, -0.1) is 0 Å². The van der Waals surface area contributed by atoms with Crippen molar-refractivity contribution in [3.05, 3.63) is 29.8 Å². The van der Waals surface area contributed by atoms with Gasteiger partial charge >= 0.3 is 0 Å². The Morgan fingerprint density at radius 3 is 2.33 bits per heavy atom. The van der Waals surface area contributed by atoms with E-state index in [4.69, 9.17) is 4.74 Å². The normalized spacial score (nSPS) is 14.2. The van der Waals surface area contributed by atoms with E-state index >= 15 is 0 Å². The summed E-state index contributed by atoms with van der Waals surface area (Å²) in [5.41, 5.74) is 1.33. The molecule has 3 heteroatoms. The summed E-state index contributed by atoms with van der Waals surface area (Å²) in [6.07, 6.45) is 2.39. The number of nitrogens with zero attached hydrogens (tertiary/aromatic N) is 1. The lowest BCUT2D eigenvalue weighted by Gasteiger charge is -2.27. The molecule has 0 radical (unpaired) electrons. The fourth-order valence-corrected chi connectivity index (χ4v) is 2.49. The summed E-state index contributed by atoms with van der Waals surface area (Å²) in [5.74, 6) is 1.67. The summed E-state index contributed by atoms with van der Waals surface area (Å²) < 4.78 is 5.25. The smallest absolute Gasteiger partial charge is 0.118 e. The van der Waals surface area contributed by atoms with E-state index < -0.39 is 0 Å². The van der Waals surface area contributed by atoms with Crippen LogP contribution in [-0.2, 0) is 0 Å². The van der Waals surface area contributed by atoms with Crippen molar-refractivity contribution >= 4 is 0 Å². The largest absolute Gasteiger partial charge is 0.497 e. The van der Waals surface area contributed by atoms with Gasteiger partial charge in [-0.25, -0.2) is 0 Å². The first-order valence-corrected chi connectivity index (χ1v) is 8.16. The molecule has 0 aliphatic rings. The predicted molar refractivity (Wildman–Crippen MR) is 91.0 cm³/mol. The van der Waals surface area contributed by atoms with Crippen LogP contribution in [0, 0.1) is 5.92 Å². The van der Waals surface area contributed by atoms with Gasteiger partial charge in [0.15, 0.2) is 0 Å². The highest BCUT2D eigenvalue weighted by molar-refractivity contribution is 5.29. The highest BCUT2D eigenvalue weighted by atomic mass is 16.5. The van der Waals surface area contributed by atoms with Crippen molar-refractivity contribution in [2.24, 2.45) is 5.92 Å². The van der Waals surface area contributed by atoms with Crippen LogP contribution in [-0.4, -0.2) is 38.7 Å². The van der Waals surface area contributed by atoms with Crippen molar-refractivity contribution in [3.63, 3.8) is 0 Å². The lowest BCUT2D eigenvalue weighted by Crippen LogP contribution is -2.35. The zero-order valence-corrected chi connectivity index (χ0v) is 14.4. The average molecular weight is 292 g/mol. The van der Waals surface area contributed by atoms with E-state index in [1.54, 1.807) is 7.11 Å². The van der Waals surface area contributed by atoms with E-state index in [9.17, 15) is 0 Å². The van der Waals surface area contributed by atoms with Crippen LogP contribution in [0.3, 0.4) is 0 Å². The van der Waals surface area contributed by atoms with E-state index in [2.05, 4.69) is 50.2 Å². The van der Waals surface area contributed by atoms with Crippen LogP contribution < -0.4 is 10.1 Å². The van der Waals surface area contributed by atoms with Gasteiger partial charge in [-0.2, -0.15) is 0 Å². The zero-order chi connectivity index (χ0) is 15.7. The molecule has 0 saturated heterocycles. The van der Waals surface area contributed by atoms with Gasteiger partial charge in [0.1, 0.15) is 5.75 Å². The van der Waals surface area contributed by atoms with Crippen molar-refractivity contribution in [2.75, 3.05) is 33.8 Å². The van der Waals surface area contributed by atoms with E-state index in [-0.39, 0.29) is 0 Å². The van der Waals surface area contributed by atoms with E-state index in [1.807, 2.05) is 12.1 Å². The molecule has 120 valence electrons. The number of rotatable bonds is 10. The zero-order valence-electron chi connectivity index (χ0n) is 14.4. The van der Waals surface area contributed by atoms with Crippen molar-refractivity contribution < 1.29 is 4.74 Å². The standard InChI is InChI=1S/C18H32N2O/c1-6-12-19-18(14-20(4)13-15(3)7-2)16-8-10-17(21-5)11-9-16/h8-11,15,18-19H,6-7,12-14H2,1-5H3. The second kappa shape index (κ2) is 9.80. The molecule has 0 amide bonds. The maximum absolute atomic E-state index is 5.25. The molecule has 1 N–H and O–H groups in total. The van der Waals surface area contributed by atoms with Crippen LogP contribution in [0.5, 0.6) is 5.75 Å². The summed E-state index contributed by atoms with van der Waals surface area (Å²) in [5, 5.41) is 3.66. The Morgan fingerprint density at radius 2 is 1.81 bits per heavy atom. The van der Waals surface area contributed by atoms with Gasteiger partial charge in [0, 0.05) is 19.1 Å². The number of hydrogen-bond donors (Lipinski definition) is 1. The van der Waals surface area contributed by atoms with Crippen LogP contribution in [0.4, 0.5) is 0 Å². The minimum atomic E-state index is 0.380. The lowest BCUT2D eigenvalue weighted by molar-refractivity contribution is 0.252. The van der Waals surface area contributed by atoms with Crippen LogP contribution in [0.15, 0.2) is 24.3 Å². The van der Waals surface area contributed by atoms with Crippen LogP contribution in [0.2, 0.25) is 0 Å². The maximum Gasteiger partial charge on any atom is 0.118 e. The third-order valence-electron chi connectivity index (χ3n) is 3.97. The van der Waals surface area contributed by atoms with Crippen LogP contribution in [0.1, 0.15) is 45.2 Å². The first-order chi connectivity index (χ1) is 10.1. The van der Waals surface area contributed by atoms with E-state index in [0.29, 0.717) is 6.04 Å². The third-order valence-corrected chi connectivity index (χ3v) is 3.97. The summed E-state index contributed by atoms with van der Waals surface area (Å²) >= 11 is 0. The molecule has 1 aromatic carbocycles. The Hall–Kier alpha value is -1.06. The molecule has 0 aliphatic heterocycles. The Balaban J connectivity index is 2.69. The molecule has 0 heterocycles. The fourth-order valence-electron chi connectivity index (χ4n) is 2.49. The molecular formula is C18H32N2O. The molecule has 0 spiro atoms. The van der Waals surface area contributed by atoms with Crippen molar-refractivity contribution in [3.8, 4) is 5.75 Å². The first kappa shape index (κ1) is 18.0. The minimum Gasteiger partial charge on any atom is -0.497 e. The van der Waals surface area contributed by atoms with Crippen molar-refractivity contribution in [2.45, 2.75) is 39.7 Å². The molecule has 1 rings (SSSR count). The molecule has 0 saturated carbocycles. The van der Waals surface area contributed by atoms with Gasteiger partial charge < -0.3 is 15.0 Å².